The predicted molar refractivity (Wildman–Crippen MR) is 43.9 cm³/mol. The average Bonchev–Trinajstić information content (AvgIpc) is 2.41. The zero-order valence-corrected chi connectivity index (χ0v) is 7.78. The summed E-state index contributed by atoms with van der Waals surface area (Å²) in [7, 11) is 0. The fraction of sp³-hybridized carbons (Fsp3) is 1.00. The first-order valence-corrected chi connectivity index (χ1v) is 4.63. The quantitative estimate of drug-likeness (QED) is 0.633. The molecule has 0 aromatic rings. The van der Waals surface area contributed by atoms with Crippen LogP contribution < -0.4 is 0 Å². The Morgan fingerprint density at radius 2 is 2.08 bits per heavy atom. The molecule has 2 aliphatic rings. The molecule has 2 saturated heterocycles. The van der Waals surface area contributed by atoms with E-state index in [1.807, 2.05) is 20.8 Å². The number of rotatable bonds is 1. The molecule has 5 atom stereocenters. The van der Waals surface area contributed by atoms with Crippen LogP contribution >= 0.6 is 0 Å². The first kappa shape index (κ1) is 8.48. The molecule has 2 fully saturated rings. The average molecular weight is 172 g/mol. The highest BCUT2D eigenvalue weighted by molar-refractivity contribution is 5.10. The van der Waals surface area contributed by atoms with Gasteiger partial charge in [0.2, 0.25) is 0 Å². The maximum absolute atomic E-state index is 9.87. The summed E-state index contributed by atoms with van der Waals surface area (Å²) in [6.07, 6.45) is 0.332. The van der Waals surface area contributed by atoms with Crippen LogP contribution in [0.5, 0.6) is 0 Å². The van der Waals surface area contributed by atoms with Gasteiger partial charge < -0.3 is 14.6 Å². The molecule has 2 heterocycles. The van der Waals surface area contributed by atoms with Gasteiger partial charge in [-0.1, -0.05) is 6.92 Å². The van der Waals surface area contributed by atoms with Gasteiger partial charge in [0.15, 0.2) is 0 Å². The molecule has 1 N–H and O–H groups in total. The maximum Gasteiger partial charge on any atom is 0.123 e. The molecule has 0 amide bonds. The molecule has 2 rings (SSSR count). The van der Waals surface area contributed by atoms with Crippen LogP contribution in [0.1, 0.15) is 27.2 Å². The number of ether oxygens (including phenoxy) is 2. The number of aliphatic hydroxyl groups excluding tert-OH is 1. The van der Waals surface area contributed by atoms with Crippen LogP contribution in [0.2, 0.25) is 0 Å². The van der Waals surface area contributed by atoms with Crippen LogP contribution in [0.4, 0.5) is 0 Å². The maximum atomic E-state index is 9.87. The molecule has 0 spiro atoms. The Labute approximate surface area is 72.7 Å². The Balaban J connectivity index is 2.30. The summed E-state index contributed by atoms with van der Waals surface area (Å²) in [4.78, 5) is 0. The molecule has 2 bridgehead atoms. The normalized spacial score (nSPS) is 58.0. The zero-order valence-electron chi connectivity index (χ0n) is 7.78. The third-order valence-corrected chi connectivity index (χ3v) is 3.28. The fourth-order valence-corrected chi connectivity index (χ4v) is 2.47. The monoisotopic (exact) mass is 172 g/mol. The van der Waals surface area contributed by atoms with Crippen molar-refractivity contribution in [3.63, 3.8) is 0 Å². The van der Waals surface area contributed by atoms with E-state index in [2.05, 4.69) is 0 Å². The molecule has 2 unspecified atom stereocenters. The van der Waals surface area contributed by atoms with Crippen molar-refractivity contribution in [2.45, 2.75) is 57.2 Å². The lowest BCUT2D eigenvalue weighted by molar-refractivity contribution is -0.176. The summed E-state index contributed by atoms with van der Waals surface area (Å²) in [5.41, 5.74) is -0.427. The van der Waals surface area contributed by atoms with Crippen molar-refractivity contribution in [1.29, 1.82) is 0 Å². The van der Waals surface area contributed by atoms with E-state index in [1.54, 1.807) is 0 Å². The summed E-state index contributed by atoms with van der Waals surface area (Å²) in [6.45, 7) is 5.96. The second-order valence-electron chi connectivity index (χ2n) is 3.82. The summed E-state index contributed by atoms with van der Waals surface area (Å²) in [5.74, 6) is 0. The molecule has 3 nitrogen and oxygen atoms in total. The first-order chi connectivity index (χ1) is 5.62. The van der Waals surface area contributed by atoms with Gasteiger partial charge >= 0.3 is 0 Å². The Hall–Kier alpha value is -0.120. The lowest BCUT2D eigenvalue weighted by Gasteiger charge is -2.33. The van der Waals surface area contributed by atoms with Crippen molar-refractivity contribution in [2.24, 2.45) is 0 Å². The Bertz CT molecular complexity index is 194. The molecule has 3 heteroatoms. The van der Waals surface area contributed by atoms with Crippen LogP contribution in [0.25, 0.3) is 0 Å². The summed E-state index contributed by atoms with van der Waals surface area (Å²) < 4.78 is 11.4. The smallest absolute Gasteiger partial charge is 0.123 e. The van der Waals surface area contributed by atoms with Gasteiger partial charge in [-0.05, 0) is 20.3 Å². The van der Waals surface area contributed by atoms with E-state index in [0.29, 0.717) is 0 Å². The van der Waals surface area contributed by atoms with Crippen molar-refractivity contribution < 1.29 is 14.6 Å². The molecule has 0 radical (unpaired) electrons. The Kier molecular flexibility index (Phi) is 1.72. The van der Waals surface area contributed by atoms with Crippen molar-refractivity contribution in [3.8, 4) is 0 Å². The molecule has 0 aliphatic carbocycles. The Morgan fingerprint density at radius 3 is 2.42 bits per heavy atom. The molecular weight excluding hydrogens is 156 g/mol. The minimum atomic E-state index is -0.438. The Morgan fingerprint density at radius 1 is 1.42 bits per heavy atom. The van der Waals surface area contributed by atoms with Crippen LogP contribution in [0, 0.1) is 0 Å². The van der Waals surface area contributed by atoms with E-state index in [9.17, 15) is 5.11 Å². The topological polar surface area (TPSA) is 38.7 Å². The van der Waals surface area contributed by atoms with Crippen LogP contribution in [-0.2, 0) is 9.47 Å². The van der Waals surface area contributed by atoms with Gasteiger partial charge in [-0.25, -0.2) is 0 Å². The SMILES string of the molecule is CC[C@]12O[C@@H](C)[C@@H](OC1C)C2O. The number of hydrogen-bond donors (Lipinski definition) is 1. The minimum absolute atomic E-state index is 0.0266. The van der Waals surface area contributed by atoms with Gasteiger partial charge in [0.25, 0.3) is 0 Å². The summed E-state index contributed by atoms with van der Waals surface area (Å²) in [6, 6.07) is 0. The highest BCUT2D eigenvalue weighted by atomic mass is 16.6. The van der Waals surface area contributed by atoms with Gasteiger partial charge in [0.1, 0.15) is 17.8 Å². The van der Waals surface area contributed by atoms with Crippen molar-refractivity contribution in [2.75, 3.05) is 0 Å². The lowest BCUT2D eigenvalue weighted by atomic mass is 9.91. The molecule has 0 aromatic heterocycles. The van der Waals surface area contributed by atoms with Crippen LogP contribution in [-0.4, -0.2) is 35.1 Å². The molecule has 2 aliphatic heterocycles. The molecule has 12 heavy (non-hydrogen) atoms. The largest absolute Gasteiger partial charge is 0.387 e. The number of aliphatic hydroxyl groups is 1. The van der Waals surface area contributed by atoms with Gasteiger partial charge in [0.05, 0.1) is 12.2 Å². The van der Waals surface area contributed by atoms with E-state index >= 15 is 0 Å². The highest BCUT2D eigenvalue weighted by Crippen LogP contribution is 2.45. The van der Waals surface area contributed by atoms with E-state index in [4.69, 9.17) is 9.47 Å². The summed E-state index contributed by atoms with van der Waals surface area (Å²) >= 11 is 0. The van der Waals surface area contributed by atoms with Gasteiger partial charge in [-0.3, -0.25) is 0 Å². The third kappa shape index (κ3) is 0.767. The summed E-state index contributed by atoms with van der Waals surface area (Å²) in [5, 5.41) is 9.87. The second kappa shape index (κ2) is 2.44. The molecule has 0 aromatic carbocycles. The predicted octanol–water partition coefficient (Wildman–Crippen LogP) is 0.702. The van der Waals surface area contributed by atoms with E-state index in [-0.39, 0.29) is 18.3 Å². The van der Waals surface area contributed by atoms with Crippen molar-refractivity contribution in [3.05, 3.63) is 0 Å². The highest BCUT2D eigenvalue weighted by Gasteiger charge is 2.62. The van der Waals surface area contributed by atoms with Crippen LogP contribution in [0.15, 0.2) is 0 Å². The first-order valence-electron chi connectivity index (χ1n) is 4.63. The van der Waals surface area contributed by atoms with E-state index in [1.165, 1.54) is 0 Å². The lowest BCUT2D eigenvalue weighted by Crippen LogP contribution is -2.45. The molecule has 70 valence electrons. The van der Waals surface area contributed by atoms with Gasteiger partial charge in [-0.15, -0.1) is 0 Å². The van der Waals surface area contributed by atoms with E-state index < -0.39 is 11.7 Å². The minimum Gasteiger partial charge on any atom is -0.387 e. The van der Waals surface area contributed by atoms with Crippen molar-refractivity contribution >= 4 is 0 Å². The molecular formula is C9H16O3. The second-order valence-corrected chi connectivity index (χ2v) is 3.82. The number of fused-ring (bicyclic) bond motifs is 2. The number of hydrogen-bond acceptors (Lipinski definition) is 3. The van der Waals surface area contributed by atoms with E-state index in [0.717, 1.165) is 6.42 Å². The van der Waals surface area contributed by atoms with Gasteiger partial charge in [-0.2, -0.15) is 0 Å². The van der Waals surface area contributed by atoms with Crippen molar-refractivity contribution in [1.82, 2.24) is 0 Å². The fourth-order valence-electron chi connectivity index (χ4n) is 2.47. The standard InChI is InChI=1S/C9H16O3/c1-4-9-6(3)11-7(8(9)10)5(2)12-9/h5-8,10H,4H2,1-3H3/t5-,6?,7+,8?,9-/m0/s1. The third-order valence-electron chi connectivity index (χ3n) is 3.28. The zero-order chi connectivity index (χ0) is 8.93. The van der Waals surface area contributed by atoms with Crippen LogP contribution in [0.3, 0.4) is 0 Å². The molecule has 0 saturated carbocycles. The van der Waals surface area contributed by atoms with Gasteiger partial charge in [0, 0.05) is 0 Å².